The number of hydrogen-bond donors (Lipinski definition) is 0. The molecule has 6 nitrogen and oxygen atoms in total. The molecule has 1 atom stereocenters. The monoisotopic (exact) mass is 413 g/mol. The second kappa shape index (κ2) is 8.62. The van der Waals surface area contributed by atoms with E-state index in [2.05, 4.69) is 9.97 Å². The maximum absolute atomic E-state index is 14.2. The SMILES string of the molecule is CCc1ncnc(O[C@@H]2CCN(C(=O)COc3cccc(C(F)(F)F)c3)C2)c1F. The van der Waals surface area contributed by atoms with Crippen LogP contribution in [0.2, 0.25) is 0 Å². The molecule has 1 aromatic carbocycles. The number of likely N-dealkylation sites (tertiary alicyclic amines) is 1. The summed E-state index contributed by atoms with van der Waals surface area (Å²) in [5, 5.41) is 0. The Bertz CT molecular complexity index is 876. The number of aryl methyl sites for hydroxylation is 1. The number of carbonyl (C=O) groups excluding carboxylic acids is 1. The Morgan fingerprint density at radius 1 is 1.31 bits per heavy atom. The highest BCUT2D eigenvalue weighted by atomic mass is 19.4. The van der Waals surface area contributed by atoms with Gasteiger partial charge < -0.3 is 14.4 Å². The summed E-state index contributed by atoms with van der Waals surface area (Å²) in [7, 11) is 0. The Morgan fingerprint density at radius 2 is 2.10 bits per heavy atom. The Hall–Kier alpha value is -2.91. The van der Waals surface area contributed by atoms with Gasteiger partial charge in [-0.2, -0.15) is 22.5 Å². The normalized spacial score (nSPS) is 16.7. The first kappa shape index (κ1) is 20.8. The molecule has 1 aromatic heterocycles. The molecular formula is C19H19F4N3O3. The Labute approximate surface area is 164 Å². The molecule has 1 aliphatic heterocycles. The average Bonchev–Trinajstić information content (AvgIpc) is 3.16. The largest absolute Gasteiger partial charge is 0.484 e. The van der Waals surface area contributed by atoms with Crippen molar-refractivity contribution in [2.75, 3.05) is 19.7 Å². The highest BCUT2D eigenvalue weighted by Crippen LogP contribution is 2.31. The Morgan fingerprint density at radius 3 is 2.83 bits per heavy atom. The van der Waals surface area contributed by atoms with Crippen LogP contribution in [0.3, 0.4) is 0 Å². The van der Waals surface area contributed by atoms with Crippen molar-refractivity contribution >= 4 is 5.91 Å². The highest BCUT2D eigenvalue weighted by molar-refractivity contribution is 5.78. The summed E-state index contributed by atoms with van der Waals surface area (Å²) in [5.74, 6) is -1.22. The third-order valence-electron chi connectivity index (χ3n) is 4.46. The van der Waals surface area contributed by atoms with Crippen LogP contribution in [-0.4, -0.2) is 46.6 Å². The number of halogens is 4. The number of hydrogen-bond acceptors (Lipinski definition) is 5. The predicted molar refractivity (Wildman–Crippen MR) is 93.9 cm³/mol. The summed E-state index contributed by atoms with van der Waals surface area (Å²) < 4.78 is 63.1. The van der Waals surface area contributed by atoms with Gasteiger partial charge in [-0.3, -0.25) is 4.79 Å². The molecule has 0 bridgehead atoms. The van der Waals surface area contributed by atoms with E-state index in [0.29, 0.717) is 19.4 Å². The van der Waals surface area contributed by atoms with Crippen LogP contribution in [0.1, 0.15) is 24.6 Å². The number of aromatic nitrogens is 2. The van der Waals surface area contributed by atoms with Gasteiger partial charge in [-0.25, -0.2) is 4.98 Å². The molecule has 29 heavy (non-hydrogen) atoms. The molecule has 1 aliphatic rings. The molecule has 2 aromatic rings. The lowest BCUT2D eigenvalue weighted by Crippen LogP contribution is -2.34. The van der Waals surface area contributed by atoms with Gasteiger partial charge in [0.1, 0.15) is 18.2 Å². The standard InChI is InChI=1S/C19H19F4N3O3/c1-2-15-17(20)18(25-11-24-15)29-14-6-7-26(9-14)16(27)10-28-13-5-3-4-12(8-13)19(21,22)23/h3-5,8,11,14H,2,6-7,9-10H2,1H3/t14-/m1/s1. The van der Waals surface area contributed by atoms with Crippen molar-refractivity contribution in [3.63, 3.8) is 0 Å². The van der Waals surface area contributed by atoms with Gasteiger partial charge >= 0.3 is 6.18 Å². The zero-order chi connectivity index (χ0) is 21.0. The number of ether oxygens (including phenoxy) is 2. The second-order valence-electron chi connectivity index (χ2n) is 6.48. The molecule has 0 saturated carbocycles. The van der Waals surface area contributed by atoms with Crippen LogP contribution in [0, 0.1) is 5.82 Å². The van der Waals surface area contributed by atoms with Crippen molar-refractivity contribution in [1.82, 2.24) is 14.9 Å². The third kappa shape index (κ3) is 5.12. The summed E-state index contributed by atoms with van der Waals surface area (Å²) >= 11 is 0. The molecule has 0 spiro atoms. The van der Waals surface area contributed by atoms with Gasteiger partial charge in [0.05, 0.1) is 17.8 Å². The van der Waals surface area contributed by atoms with Gasteiger partial charge in [-0.15, -0.1) is 0 Å². The maximum Gasteiger partial charge on any atom is 0.416 e. The lowest BCUT2D eigenvalue weighted by molar-refractivity contribution is -0.137. The average molecular weight is 413 g/mol. The number of amides is 1. The lowest BCUT2D eigenvalue weighted by Gasteiger charge is -2.18. The van der Waals surface area contributed by atoms with E-state index in [4.69, 9.17) is 9.47 Å². The fraction of sp³-hybridized carbons (Fsp3) is 0.421. The smallest absolute Gasteiger partial charge is 0.416 e. The first-order valence-electron chi connectivity index (χ1n) is 9.01. The molecule has 156 valence electrons. The fourth-order valence-corrected chi connectivity index (χ4v) is 2.92. The van der Waals surface area contributed by atoms with E-state index in [1.807, 2.05) is 0 Å². The van der Waals surface area contributed by atoms with Gasteiger partial charge in [-0.1, -0.05) is 13.0 Å². The molecule has 3 rings (SSSR count). The first-order chi connectivity index (χ1) is 13.8. The lowest BCUT2D eigenvalue weighted by atomic mass is 10.2. The molecule has 1 saturated heterocycles. The zero-order valence-corrected chi connectivity index (χ0v) is 15.6. The van der Waals surface area contributed by atoms with Crippen LogP contribution in [0.15, 0.2) is 30.6 Å². The summed E-state index contributed by atoms with van der Waals surface area (Å²) in [6, 6.07) is 4.32. The number of benzene rings is 1. The van der Waals surface area contributed by atoms with Crippen LogP contribution in [-0.2, 0) is 17.4 Å². The van der Waals surface area contributed by atoms with E-state index in [1.54, 1.807) is 6.92 Å². The molecule has 0 unspecified atom stereocenters. The summed E-state index contributed by atoms with van der Waals surface area (Å²) in [4.78, 5) is 21.4. The van der Waals surface area contributed by atoms with Crippen molar-refractivity contribution in [2.45, 2.75) is 32.0 Å². The van der Waals surface area contributed by atoms with Gasteiger partial charge in [-0.05, 0) is 24.6 Å². The van der Waals surface area contributed by atoms with E-state index in [0.717, 1.165) is 12.1 Å². The van der Waals surface area contributed by atoms with Crippen LogP contribution in [0.25, 0.3) is 0 Å². The number of alkyl halides is 3. The summed E-state index contributed by atoms with van der Waals surface area (Å²) in [6.45, 7) is 1.92. The van der Waals surface area contributed by atoms with Crippen molar-refractivity contribution in [1.29, 1.82) is 0 Å². The molecular weight excluding hydrogens is 394 g/mol. The number of carbonyl (C=O) groups is 1. The topological polar surface area (TPSA) is 64.6 Å². The Balaban J connectivity index is 1.53. The van der Waals surface area contributed by atoms with E-state index < -0.39 is 36.2 Å². The van der Waals surface area contributed by atoms with Crippen molar-refractivity contribution < 1.29 is 31.8 Å². The van der Waals surface area contributed by atoms with Crippen molar-refractivity contribution in [2.24, 2.45) is 0 Å². The van der Waals surface area contributed by atoms with E-state index in [9.17, 15) is 22.4 Å². The first-order valence-corrected chi connectivity index (χ1v) is 9.01. The Kier molecular flexibility index (Phi) is 6.19. The molecule has 0 aliphatic carbocycles. The number of rotatable bonds is 6. The second-order valence-corrected chi connectivity index (χ2v) is 6.48. The molecule has 10 heteroatoms. The van der Waals surface area contributed by atoms with Crippen LogP contribution in [0.5, 0.6) is 11.6 Å². The van der Waals surface area contributed by atoms with Crippen molar-refractivity contribution in [3.05, 3.63) is 47.7 Å². The van der Waals surface area contributed by atoms with Crippen LogP contribution >= 0.6 is 0 Å². The highest BCUT2D eigenvalue weighted by Gasteiger charge is 2.31. The zero-order valence-electron chi connectivity index (χ0n) is 15.6. The molecule has 1 amide bonds. The third-order valence-corrected chi connectivity index (χ3v) is 4.46. The minimum atomic E-state index is -4.49. The molecule has 1 fully saturated rings. The van der Waals surface area contributed by atoms with Crippen molar-refractivity contribution in [3.8, 4) is 11.6 Å². The number of nitrogens with zero attached hydrogens (tertiary/aromatic N) is 3. The quantitative estimate of drug-likeness (QED) is 0.681. The molecule has 0 radical (unpaired) electrons. The summed E-state index contributed by atoms with van der Waals surface area (Å²) in [5.41, 5.74) is -0.606. The predicted octanol–water partition coefficient (Wildman–Crippen LogP) is 3.26. The summed E-state index contributed by atoms with van der Waals surface area (Å²) in [6.07, 6.45) is -2.84. The van der Waals surface area contributed by atoms with Gasteiger partial charge in [0, 0.05) is 13.0 Å². The van der Waals surface area contributed by atoms with Crippen LogP contribution in [0.4, 0.5) is 17.6 Å². The van der Waals surface area contributed by atoms with E-state index in [1.165, 1.54) is 23.4 Å². The molecule has 0 N–H and O–H groups in total. The van der Waals surface area contributed by atoms with Gasteiger partial charge in [0.2, 0.25) is 5.82 Å². The van der Waals surface area contributed by atoms with E-state index in [-0.39, 0.29) is 23.9 Å². The van der Waals surface area contributed by atoms with Gasteiger partial charge in [0.25, 0.3) is 11.8 Å². The van der Waals surface area contributed by atoms with Crippen LogP contribution < -0.4 is 9.47 Å². The fourth-order valence-electron chi connectivity index (χ4n) is 2.92. The van der Waals surface area contributed by atoms with Gasteiger partial charge in [0.15, 0.2) is 6.61 Å². The maximum atomic E-state index is 14.2. The van der Waals surface area contributed by atoms with E-state index >= 15 is 0 Å². The minimum absolute atomic E-state index is 0.0460. The minimum Gasteiger partial charge on any atom is -0.484 e. The molecule has 2 heterocycles.